The highest BCUT2D eigenvalue weighted by atomic mass is 35.5. The zero-order chi connectivity index (χ0) is 14.7. The Hall–Kier alpha value is -2.52. The van der Waals surface area contributed by atoms with Crippen LogP contribution in [0.4, 0.5) is 14.5 Å². The van der Waals surface area contributed by atoms with Crippen LogP contribution in [-0.2, 0) is 0 Å². The van der Waals surface area contributed by atoms with Crippen LogP contribution in [0.5, 0.6) is 0 Å². The summed E-state index contributed by atoms with van der Waals surface area (Å²) in [6, 6.07) is 5.55. The van der Waals surface area contributed by atoms with Crippen LogP contribution in [0, 0.1) is 23.0 Å². The number of pyridine rings is 1. The summed E-state index contributed by atoms with van der Waals surface area (Å²) in [5.74, 6) is -2.34. The first-order valence-corrected chi connectivity index (χ1v) is 5.70. The molecule has 0 unspecified atom stereocenters. The van der Waals surface area contributed by atoms with E-state index in [1.807, 2.05) is 0 Å². The Balaban J connectivity index is 2.30. The molecule has 1 aromatic carbocycles. The lowest BCUT2D eigenvalue weighted by molar-refractivity contribution is 0.102. The van der Waals surface area contributed by atoms with Gasteiger partial charge in [0.2, 0.25) is 0 Å². The van der Waals surface area contributed by atoms with Crippen LogP contribution < -0.4 is 5.32 Å². The maximum absolute atomic E-state index is 13.0. The Kier molecular flexibility index (Phi) is 3.91. The van der Waals surface area contributed by atoms with E-state index in [0.717, 1.165) is 18.3 Å². The molecule has 7 heteroatoms. The second-order valence-electron chi connectivity index (χ2n) is 3.77. The maximum atomic E-state index is 13.0. The molecule has 1 N–H and O–H groups in total. The first-order valence-electron chi connectivity index (χ1n) is 5.32. The van der Waals surface area contributed by atoms with E-state index in [1.54, 1.807) is 6.07 Å². The lowest BCUT2D eigenvalue weighted by atomic mass is 10.2. The number of hydrogen-bond acceptors (Lipinski definition) is 3. The van der Waals surface area contributed by atoms with Gasteiger partial charge >= 0.3 is 0 Å². The monoisotopic (exact) mass is 293 g/mol. The van der Waals surface area contributed by atoms with Crippen molar-refractivity contribution in [2.45, 2.75) is 0 Å². The van der Waals surface area contributed by atoms with E-state index in [4.69, 9.17) is 16.9 Å². The van der Waals surface area contributed by atoms with Gasteiger partial charge in [-0.2, -0.15) is 5.26 Å². The Morgan fingerprint density at radius 3 is 2.50 bits per heavy atom. The Labute approximate surface area is 117 Å². The average Bonchev–Trinajstić information content (AvgIpc) is 2.37. The molecule has 0 fully saturated rings. The predicted octanol–water partition coefficient (Wildman–Crippen LogP) is 3.14. The number of hydrogen-bond donors (Lipinski definition) is 1. The van der Waals surface area contributed by atoms with Gasteiger partial charge in [0.1, 0.15) is 23.4 Å². The Bertz CT molecular complexity index is 708. The lowest BCUT2D eigenvalue weighted by Crippen LogP contribution is -2.13. The largest absolute Gasteiger partial charge is 0.322 e. The fourth-order valence-corrected chi connectivity index (χ4v) is 1.69. The third-order valence-electron chi connectivity index (χ3n) is 2.33. The van der Waals surface area contributed by atoms with Crippen LogP contribution in [0.25, 0.3) is 0 Å². The second-order valence-corrected chi connectivity index (χ2v) is 4.18. The normalized spacial score (nSPS) is 9.90. The zero-order valence-corrected chi connectivity index (χ0v) is 10.6. The number of nitrogens with zero attached hydrogens (tertiary/aromatic N) is 2. The van der Waals surface area contributed by atoms with Gasteiger partial charge in [-0.05, 0) is 18.2 Å². The molecule has 1 amide bonds. The summed E-state index contributed by atoms with van der Waals surface area (Å²) in [4.78, 5) is 15.6. The van der Waals surface area contributed by atoms with Crippen molar-refractivity contribution in [2.75, 3.05) is 5.32 Å². The molecule has 0 radical (unpaired) electrons. The SMILES string of the molecule is N#Cc1cc(C(=O)Nc2cc(F)cc(F)c2)c(Cl)cn1. The molecule has 2 aromatic rings. The topological polar surface area (TPSA) is 65.8 Å². The predicted molar refractivity (Wildman–Crippen MR) is 68.3 cm³/mol. The molecule has 4 nitrogen and oxygen atoms in total. The molecule has 0 saturated heterocycles. The number of rotatable bonds is 2. The van der Waals surface area contributed by atoms with Gasteiger partial charge in [0.25, 0.3) is 5.91 Å². The van der Waals surface area contributed by atoms with Crippen LogP contribution in [-0.4, -0.2) is 10.9 Å². The third-order valence-corrected chi connectivity index (χ3v) is 2.64. The number of carbonyl (C=O) groups is 1. The van der Waals surface area contributed by atoms with E-state index in [2.05, 4.69) is 10.3 Å². The van der Waals surface area contributed by atoms with E-state index in [1.165, 1.54) is 6.07 Å². The Morgan fingerprint density at radius 1 is 1.25 bits per heavy atom. The van der Waals surface area contributed by atoms with E-state index in [9.17, 15) is 13.6 Å². The molecule has 1 aromatic heterocycles. The molecule has 100 valence electrons. The minimum atomic E-state index is -0.821. The van der Waals surface area contributed by atoms with Gasteiger partial charge < -0.3 is 5.32 Å². The molecule has 0 aliphatic heterocycles. The summed E-state index contributed by atoms with van der Waals surface area (Å²) in [6.07, 6.45) is 1.15. The van der Waals surface area contributed by atoms with Crippen molar-refractivity contribution in [3.8, 4) is 6.07 Å². The van der Waals surface area contributed by atoms with Crippen molar-refractivity contribution >= 4 is 23.2 Å². The molecule has 0 aliphatic carbocycles. The third kappa shape index (κ3) is 3.08. The maximum Gasteiger partial charge on any atom is 0.257 e. The van der Waals surface area contributed by atoms with Gasteiger partial charge in [0.15, 0.2) is 0 Å². The molecule has 1 heterocycles. The molecule has 0 bridgehead atoms. The van der Waals surface area contributed by atoms with Gasteiger partial charge in [-0.25, -0.2) is 13.8 Å². The summed E-state index contributed by atoms with van der Waals surface area (Å²) in [5, 5.41) is 11.0. The van der Waals surface area contributed by atoms with E-state index in [-0.39, 0.29) is 22.0 Å². The number of benzene rings is 1. The molecule has 20 heavy (non-hydrogen) atoms. The van der Waals surface area contributed by atoms with Gasteiger partial charge in [-0.1, -0.05) is 11.6 Å². The average molecular weight is 294 g/mol. The highest BCUT2D eigenvalue weighted by Gasteiger charge is 2.13. The number of carbonyl (C=O) groups excluding carboxylic acids is 1. The fourth-order valence-electron chi connectivity index (χ4n) is 1.50. The van der Waals surface area contributed by atoms with Crippen LogP contribution >= 0.6 is 11.6 Å². The van der Waals surface area contributed by atoms with Gasteiger partial charge in [0, 0.05) is 18.0 Å². The van der Waals surface area contributed by atoms with E-state index in [0.29, 0.717) is 6.07 Å². The van der Waals surface area contributed by atoms with Crippen molar-refractivity contribution < 1.29 is 13.6 Å². The zero-order valence-electron chi connectivity index (χ0n) is 9.82. The van der Waals surface area contributed by atoms with Crippen LogP contribution in [0.3, 0.4) is 0 Å². The van der Waals surface area contributed by atoms with Crippen LogP contribution in [0.1, 0.15) is 16.1 Å². The van der Waals surface area contributed by atoms with Crippen LogP contribution in [0.15, 0.2) is 30.5 Å². The molecular weight excluding hydrogens is 288 g/mol. The molecule has 0 aliphatic rings. The molecule has 0 spiro atoms. The lowest BCUT2D eigenvalue weighted by Gasteiger charge is -2.07. The van der Waals surface area contributed by atoms with Crippen molar-refractivity contribution in [3.05, 3.63) is 58.4 Å². The molecule has 0 atom stereocenters. The Morgan fingerprint density at radius 2 is 1.90 bits per heavy atom. The number of halogens is 3. The number of nitrogens with one attached hydrogen (secondary N) is 1. The molecular formula is C13H6ClF2N3O. The highest BCUT2D eigenvalue weighted by Crippen LogP contribution is 2.19. The smallest absolute Gasteiger partial charge is 0.257 e. The van der Waals surface area contributed by atoms with Gasteiger partial charge in [-0.3, -0.25) is 4.79 Å². The van der Waals surface area contributed by atoms with E-state index < -0.39 is 17.5 Å². The minimum absolute atomic E-state index is 0.00460. The minimum Gasteiger partial charge on any atom is -0.322 e. The summed E-state index contributed by atoms with van der Waals surface area (Å²) in [5.41, 5.74) is -0.0632. The highest BCUT2D eigenvalue weighted by molar-refractivity contribution is 6.34. The first kappa shape index (κ1) is 13.9. The summed E-state index contributed by atoms with van der Waals surface area (Å²) < 4.78 is 26.0. The summed E-state index contributed by atoms with van der Waals surface area (Å²) >= 11 is 5.80. The number of anilines is 1. The quantitative estimate of drug-likeness (QED) is 0.925. The summed E-state index contributed by atoms with van der Waals surface area (Å²) in [6.45, 7) is 0. The van der Waals surface area contributed by atoms with Crippen LogP contribution in [0.2, 0.25) is 5.02 Å². The van der Waals surface area contributed by atoms with Gasteiger partial charge in [-0.15, -0.1) is 0 Å². The standard InChI is InChI=1S/C13H6ClF2N3O/c14-12-6-18-10(5-17)4-11(12)13(20)19-9-2-7(15)1-8(16)3-9/h1-4,6H,(H,19,20). The molecule has 0 saturated carbocycles. The first-order chi connectivity index (χ1) is 9.49. The second kappa shape index (κ2) is 5.63. The van der Waals surface area contributed by atoms with E-state index >= 15 is 0 Å². The van der Waals surface area contributed by atoms with Gasteiger partial charge in [0.05, 0.1) is 10.6 Å². The number of aromatic nitrogens is 1. The number of nitriles is 1. The number of amides is 1. The van der Waals surface area contributed by atoms with Crippen molar-refractivity contribution in [3.63, 3.8) is 0 Å². The van der Waals surface area contributed by atoms with Crippen molar-refractivity contribution in [1.29, 1.82) is 5.26 Å². The summed E-state index contributed by atoms with van der Waals surface area (Å²) in [7, 11) is 0. The fraction of sp³-hybridized carbons (Fsp3) is 0. The van der Waals surface area contributed by atoms with Crippen molar-refractivity contribution in [2.24, 2.45) is 0 Å². The van der Waals surface area contributed by atoms with Crippen molar-refractivity contribution in [1.82, 2.24) is 4.98 Å². The molecule has 2 rings (SSSR count).